The van der Waals surface area contributed by atoms with E-state index in [1.807, 2.05) is 37.3 Å². The van der Waals surface area contributed by atoms with Crippen LogP contribution in [0.15, 0.2) is 60.9 Å². The summed E-state index contributed by atoms with van der Waals surface area (Å²) in [6, 6.07) is 14.5. The van der Waals surface area contributed by atoms with E-state index in [1.54, 1.807) is 29.2 Å². The van der Waals surface area contributed by atoms with Gasteiger partial charge in [-0.15, -0.1) is 0 Å². The number of rotatable bonds is 7. The molecule has 30 heavy (non-hydrogen) atoms. The summed E-state index contributed by atoms with van der Waals surface area (Å²) >= 11 is 0. The van der Waals surface area contributed by atoms with Crippen LogP contribution in [-0.4, -0.2) is 38.9 Å². The number of hydrogen-bond donors (Lipinski definition) is 1. The van der Waals surface area contributed by atoms with Gasteiger partial charge in [-0.05, 0) is 30.2 Å². The highest BCUT2D eigenvalue weighted by Gasteiger charge is 2.35. The van der Waals surface area contributed by atoms with Crippen molar-refractivity contribution in [3.63, 3.8) is 0 Å². The Kier molecular flexibility index (Phi) is 5.43. The number of fused-ring (bicyclic) bond motifs is 1. The fraction of sp³-hybridized carbons (Fsp3) is 0.217. The Bertz CT molecular complexity index is 1100. The number of carbonyl (C=O) groups excluding carboxylic acids is 3. The van der Waals surface area contributed by atoms with Gasteiger partial charge in [0.15, 0.2) is 0 Å². The molecule has 0 aliphatic carbocycles. The fourth-order valence-corrected chi connectivity index (χ4v) is 3.44. The number of carbonyl (C=O) groups is 3. The lowest BCUT2D eigenvalue weighted by atomic mass is 10.1. The van der Waals surface area contributed by atoms with Crippen LogP contribution < -0.4 is 5.32 Å². The number of imide groups is 1. The van der Waals surface area contributed by atoms with E-state index in [0.29, 0.717) is 29.9 Å². The first-order valence-electron chi connectivity index (χ1n) is 9.95. The SMILES string of the molecule is CCCCN1C(=O)c2ccc(C(=O)Nc3cnn(Cc4ccccc4)c3)cc2C1=O. The number of hydrogen-bond acceptors (Lipinski definition) is 4. The average Bonchev–Trinajstić information content (AvgIpc) is 3.29. The Morgan fingerprint density at radius 1 is 1.03 bits per heavy atom. The van der Waals surface area contributed by atoms with Gasteiger partial charge in [0.25, 0.3) is 17.7 Å². The Morgan fingerprint density at radius 2 is 1.80 bits per heavy atom. The summed E-state index contributed by atoms with van der Waals surface area (Å²) < 4.78 is 1.74. The molecule has 1 aliphatic rings. The van der Waals surface area contributed by atoms with Crippen molar-refractivity contribution in [3.05, 3.63) is 83.2 Å². The van der Waals surface area contributed by atoms with Crippen LogP contribution in [-0.2, 0) is 6.54 Å². The number of anilines is 1. The molecule has 0 fully saturated rings. The van der Waals surface area contributed by atoms with Gasteiger partial charge in [-0.3, -0.25) is 24.0 Å². The van der Waals surface area contributed by atoms with E-state index >= 15 is 0 Å². The molecule has 0 saturated heterocycles. The van der Waals surface area contributed by atoms with Gasteiger partial charge >= 0.3 is 0 Å². The third-order valence-corrected chi connectivity index (χ3v) is 5.05. The van der Waals surface area contributed by atoms with Crippen LogP contribution in [0.25, 0.3) is 0 Å². The molecular weight excluding hydrogens is 380 g/mol. The molecule has 0 atom stereocenters. The topological polar surface area (TPSA) is 84.3 Å². The van der Waals surface area contributed by atoms with Crippen molar-refractivity contribution in [3.8, 4) is 0 Å². The highest BCUT2D eigenvalue weighted by Crippen LogP contribution is 2.25. The molecule has 0 radical (unpaired) electrons. The molecule has 0 saturated carbocycles. The summed E-state index contributed by atoms with van der Waals surface area (Å²) in [7, 11) is 0. The molecule has 0 bridgehead atoms. The van der Waals surface area contributed by atoms with Crippen molar-refractivity contribution < 1.29 is 14.4 Å². The lowest BCUT2D eigenvalue weighted by molar-refractivity contribution is 0.0652. The minimum Gasteiger partial charge on any atom is -0.319 e. The van der Waals surface area contributed by atoms with Crippen LogP contribution in [0.4, 0.5) is 5.69 Å². The largest absolute Gasteiger partial charge is 0.319 e. The highest BCUT2D eigenvalue weighted by atomic mass is 16.2. The summed E-state index contributed by atoms with van der Waals surface area (Å²) in [5.41, 5.74) is 2.62. The van der Waals surface area contributed by atoms with Gasteiger partial charge in [-0.2, -0.15) is 5.10 Å². The predicted octanol–water partition coefficient (Wildman–Crippen LogP) is 3.58. The Hall–Kier alpha value is -3.74. The number of amides is 3. The van der Waals surface area contributed by atoms with Crippen LogP contribution >= 0.6 is 0 Å². The summed E-state index contributed by atoms with van der Waals surface area (Å²) in [5.74, 6) is -0.990. The predicted molar refractivity (Wildman–Crippen MR) is 112 cm³/mol. The van der Waals surface area contributed by atoms with E-state index in [9.17, 15) is 14.4 Å². The molecular formula is C23H22N4O3. The van der Waals surface area contributed by atoms with Crippen molar-refractivity contribution in [1.29, 1.82) is 0 Å². The van der Waals surface area contributed by atoms with Crippen LogP contribution in [0.2, 0.25) is 0 Å². The summed E-state index contributed by atoms with van der Waals surface area (Å²) in [5, 5.41) is 7.07. The minimum absolute atomic E-state index is 0.281. The first kappa shape index (κ1) is 19.6. The van der Waals surface area contributed by atoms with Crippen molar-refractivity contribution in [1.82, 2.24) is 14.7 Å². The second-order valence-electron chi connectivity index (χ2n) is 7.24. The van der Waals surface area contributed by atoms with Crippen LogP contribution in [0.1, 0.15) is 56.4 Å². The van der Waals surface area contributed by atoms with Gasteiger partial charge < -0.3 is 5.32 Å². The monoisotopic (exact) mass is 402 g/mol. The maximum atomic E-state index is 12.7. The molecule has 4 rings (SSSR count). The molecule has 3 amide bonds. The van der Waals surface area contributed by atoms with Crippen LogP contribution in [0.3, 0.4) is 0 Å². The highest BCUT2D eigenvalue weighted by molar-refractivity contribution is 6.22. The maximum absolute atomic E-state index is 12.7. The van der Waals surface area contributed by atoms with E-state index in [0.717, 1.165) is 18.4 Å². The lowest BCUT2D eigenvalue weighted by Crippen LogP contribution is -2.30. The molecule has 2 aromatic carbocycles. The zero-order valence-corrected chi connectivity index (χ0v) is 16.7. The van der Waals surface area contributed by atoms with Crippen LogP contribution in [0, 0.1) is 0 Å². The molecule has 2 heterocycles. The lowest BCUT2D eigenvalue weighted by Gasteiger charge is -2.12. The molecule has 152 valence electrons. The zero-order valence-electron chi connectivity index (χ0n) is 16.7. The third-order valence-electron chi connectivity index (χ3n) is 5.05. The smallest absolute Gasteiger partial charge is 0.261 e. The van der Waals surface area contributed by atoms with Gasteiger partial charge in [0, 0.05) is 18.3 Å². The minimum atomic E-state index is -0.357. The molecule has 1 aromatic heterocycles. The maximum Gasteiger partial charge on any atom is 0.261 e. The average molecular weight is 402 g/mol. The van der Waals surface area contributed by atoms with E-state index in [2.05, 4.69) is 10.4 Å². The van der Waals surface area contributed by atoms with Crippen LogP contribution in [0.5, 0.6) is 0 Å². The summed E-state index contributed by atoms with van der Waals surface area (Å²) in [4.78, 5) is 38.9. The molecule has 7 nitrogen and oxygen atoms in total. The van der Waals surface area contributed by atoms with Gasteiger partial charge in [-0.1, -0.05) is 43.7 Å². The van der Waals surface area contributed by atoms with Crippen molar-refractivity contribution in [2.45, 2.75) is 26.3 Å². The van der Waals surface area contributed by atoms with E-state index in [4.69, 9.17) is 0 Å². The number of nitrogens with zero attached hydrogens (tertiary/aromatic N) is 3. The van der Waals surface area contributed by atoms with Crippen molar-refractivity contribution in [2.24, 2.45) is 0 Å². The van der Waals surface area contributed by atoms with Gasteiger partial charge in [0.05, 0.1) is 29.6 Å². The number of nitrogens with one attached hydrogen (secondary N) is 1. The summed E-state index contributed by atoms with van der Waals surface area (Å²) in [6.07, 6.45) is 4.97. The van der Waals surface area contributed by atoms with E-state index in [-0.39, 0.29) is 23.3 Å². The van der Waals surface area contributed by atoms with Gasteiger partial charge in [-0.25, -0.2) is 0 Å². The second kappa shape index (κ2) is 8.32. The molecule has 3 aromatic rings. The third kappa shape index (κ3) is 3.87. The van der Waals surface area contributed by atoms with Crippen molar-refractivity contribution >= 4 is 23.4 Å². The summed E-state index contributed by atoms with van der Waals surface area (Å²) in [6.45, 7) is 2.99. The standard InChI is InChI=1S/C23H22N4O3/c1-2-3-11-27-22(29)19-10-9-17(12-20(19)23(27)30)21(28)25-18-13-24-26(15-18)14-16-7-5-4-6-8-16/h4-10,12-13,15H,2-3,11,14H2,1H3,(H,25,28). The first-order valence-corrected chi connectivity index (χ1v) is 9.95. The molecule has 0 spiro atoms. The first-order chi connectivity index (χ1) is 14.6. The normalized spacial score (nSPS) is 12.9. The molecule has 0 unspecified atom stereocenters. The zero-order chi connectivity index (χ0) is 21.1. The molecule has 7 heteroatoms. The number of benzene rings is 2. The Morgan fingerprint density at radius 3 is 2.57 bits per heavy atom. The number of aromatic nitrogens is 2. The van der Waals surface area contributed by atoms with E-state index in [1.165, 1.54) is 11.0 Å². The Balaban J connectivity index is 1.46. The van der Waals surface area contributed by atoms with Crippen molar-refractivity contribution in [2.75, 3.05) is 11.9 Å². The molecule has 1 N–H and O–H groups in total. The second-order valence-corrected chi connectivity index (χ2v) is 7.24. The Labute approximate surface area is 174 Å². The van der Waals surface area contributed by atoms with Gasteiger partial charge in [0.1, 0.15) is 0 Å². The fourth-order valence-electron chi connectivity index (χ4n) is 3.44. The number of unbranched alkanes of at least 4 members (excludes halogenated alkanes) is 1. The quantitative estimate of drug-likeness (QED) is 0.612. The van der Waals surface area contributed by atoms with Gasteiger partial charge in [0.2, 0.25) is 0 Å². The molecule has 1 aliphatic heterocycles. The van der Waals surface area contributed by atoms with E-state index < -0.39 is 0 Å².